The van der Waals surface area contributed by atoms with E-state index in [1.165, 1.54) is 56.9 Å². The van der Waals surface area contributed by atoms with E-state index in [1.54, 1.807) is 0 Å². The Morgan fingerprint density at radius 3 is 2.63 bits per heavy atom. The zero-order valence-electron chi connectivity index (χ0n) is 17.4. The molecule has 3 saturated carbocycles. The second-order valence-electron chi connectivity index (χ2n) is 10.9. The van der Waals surface area contributed by atoms with Crippen LogP contribution in [-0.4, -0.2) is 18.0 Å². The standard InChI is InChI=1S/C25H36O2/c1-23-13-10-18(26)16-17(23)6-7-19-20-8-9-22(24(20,2)14-11-21(19)23)25(3)12-4-5-15-27-25/h10,13,16,19-22H,4-9,11-12,14-15H2,1-3H3/t19?,20?,21?,22-,23-,24-,25?/m0/s1. The van der Waals surface area contributed by atoms with Crippen molar-refractivity contribution >= 4 is 5.78 Å². The maximum atomic E-state index is 11.9. The van der Waals surface area contributed by atoms with E-state index in [4.69, 9.17) is 4.74 Å². The average Bonchev–Trinajstić information content (AvgIpc) is 3.01. The lowest BCUT2D eigenvalue weighted by Crippen LogP contribution is -2.53. The van der Waals surface area contributed by atoms with Gasteiger partial charge in [-0.2, -0.15) is 0 Å². The molecule has 4 unspecified atom stereocenters. The van der Waals surface area contributed by atoms with Crippen molar-refractivity contribution in [3.63, 3.8) is 0 Å². The zero-order valence-corrected chi connectivity index (χ0v) is 17.4. The molecule has 0 spiro atoms. The second kappa shape index (κ2) is 6.05. The van der Waals surface area contributed by atoms with E-state index in [0.29, 0.717) is 5.41 Å². The van der Waals surface area contributed by atoms with Crippen molar-refractivity contribution in [2.75, 3.05) is 6.61 Å². The first-order chi connectivity index (χ1) is 12.9. The Morgan fingerprint density at radius 1 is 1.00 bits per heavy atom. The normalized spacial score (nSPS) is 52.0. The highest BCUT2D eigenvalue weighted by Gasteiger charge is 2.61. The summed E-state index contributed by atoms with van der Waals surface area (Å²) in [6.45, 7) is 8.42. The van der Waals surface area contributed by atoms with Gasteiger partial charge in [0.1, 0.15) is 0 Å². The summed E-state index contributed by atoms with van der Waals surface area (Å²) in [5.74, 6) is 3.31. The van der Waals surface area contributed by atoms with Crippen LogP contribution in [0.2, 0.25) is 0 Å². The quantitative estimate of drug-likeness (QED) is 0.578. The van der Waals surface area contributed by atoms with Gasteiger partial charge < -0.3 is 4.74 Å². The Hall–Kier alpha value is -0.890. The molecule has 0 aromatic heterocycles. The van der Waals surface area contributed by atoms with Gasteiger partial charge in [0.05, 0.1) is 5.60 Å². The molecule has 0 N–H and O–H groups in total. The molecular formula is C25H36O2. The Morgan fingerprint density at radius 2 is 1.85 bits per heavy atom. The van der Waals surface area contributed by atoms with E-state index in [2.05, 4.69) is 26.8 Å². The predicted octanol–water partition coefficient (Wildman–Crippen LogP) is 5.87. The van der Waals surface area contributed by atoms with Gasteiger partial charge in [0.15, 0.2) is 5.78 Å². The van der Waals surface area contributed by atoms with Crippen molar-refractivity contribution in [1.29, 1.82) is 0 Å². The Kier molecular flexibility index (Phi) is 4.07. The minimum absolute atomic E-state index is 0.107. The summed E-state index contributed by atoms with van der Waals surface area (Å²) in [4.78, 5) is 11.9. The summed E-state index contributed by atoms with van der Waals surface area (Å²) in [5.41, 5.74) is 2.09. The first-order valence-electron chi connectivity index (χ1n) is 11.4. The summed E-state index contributed by atoms with van der Waals surface area (Å²) < 4.78 is 6.46. The molecule has 0 bridgehead atoms. The Balaban J connectivity index is 1.44. The average molecular weight is 369 g/mol. The number of carbonyl (C=O) groups is 1. The van der Waals surface area contributed by atoms with Crippen LogP contribution in [0.1, 0.15) is 78.6 Å². The molecule has 27 heavy (non-hydrogen) atoms. The first-order valence-corrected chi connectivity index (χ1v) is 11.4. The van der Waals surface area contributed by atoms with Crippen molar-refractivity contribution in [2.45, 2.75) is 84.2 Å². The number of rotatable bonds is 1. The van der Waals surface area contributed by atoms with Crippen LogP contribution < -0.4 is 0 Å². The fourth-order valence-electron chi connectivity index (χ4n) is 8.43. The van der Waals surface area contributed by atoms with E-state index in [0.717, 1.165) is 36.7 Å². The molecule has 0 amide bonds. The first kappa shape index (κ1) is 18.2. The summed E-state index contributed by atoms with van der Waals surface area (Å²) in [6.07, 6.45) is 17.7. The van der Waals surface area contributed by atoms with Gasteiger partial charge in [-0.15, -0.1) is 0 Å². The fraction of sp³-hybridized carbons (Fsp3) is 0.800. The topological polar surface area (TPSA) is 26.3 Å². The van der Waals surface area contributed by atoms with Gasteiger partial charge in [0.25, 0.3) is 0 Å². The summed E-state index contributed by atoms with van der Waals surface area (Å²) in [6, 6.07) is 0. The molecule has 5 rings (SSSR count). The lowest BCUT2D eigenvalue weighted by molar-refractivity contribution is -0.149. The molecule has 0 radical (unpaired) electrons. The van der Waals surface area contributed by atoms with Crippen LogP contribution in [0, 0.1) is 34.5 Å². The maximum absolute atomic E-state index is 11.9. The summed E-state index contributed by atoms with van der Waals surface area (Å²) in [5, 5.41) is 0. The van der Waals surface area contributed by atoms with Gasteiger partial charge in [0, 0.05) is 12.0 Å². The molecule has 148 valence electrons. The number of ketones is 1. The van der Waals surface area contributed by atoms with Crippen LogP contribution in [-0.2, 0) is 9.53 Å². The van der Waals surface area contributed by atoms with Gasteiger partial charge in [-0.1, -0.05) is 25.5 Å². The lowest BCUT2D eigenvalue weighted by atomic mass is 9.47. The minimum atomic E-state index is 0.107. The third kappa shape index (κ3) is 2.51. The molecule has 2 nitrogen and oxygen atoms in total. The van der Waals surface area contributed by atoms with Gasteiger partial charge in [-0.25, -0.2) is 0 Å². The fourth-order valence-corrected chi connectivity index (χ4v) is 8.43. The number of allylic oxidation sites excluding steroid dienone is 4. The second-order valence-corrected chi connectivity index (χ2v) is 10.9. The molecule has 1 heterocycles. The molecule has 0 aromatic rings. The number of hydrogen-bond acceptors (Lipinski definition) is 2. The highest BCUT2D eigenvalue weighted by molar-refractivity contribution is 6.01. The third-order valence-corrected chi connectivity index (χ3v) is 9.79. The molecular weight excluding hydrogens is 332 g/mol. The van der Waals surface area contributed by atoms with E-state index in [9.17, 15) is 4.79 Å². The lowest BCUT2D eigenvalue weighted by Gasteiger charge is -2.58. The highest BCUT2D eigenvalue weighted by Crippen LogP contribution is 2.68. The largest absolute Gasteiger partial charge is 0.375 e. The Labute approximate surface area is 164 Å². The SMILES string of the molecule is CC1([C@H]2CCC3C4CCC5=CC(=O)C=C[C@]5(C)C4CC[C@@]32C)CCCCO1. The predicted molar refractivity (Wildman–Crippen MR) is 108 cm³/mol. The van der Waals surface area contributed by atoms with Crippen LogP contribution in [0.25, 0.3) is 0 Å². The van der Waals surface area contributed by atoms with E-state index in [1.807, 2.05) is 12.2 Å². The molecule has 7 atom stereocenters. The van der Waals surface area contributed by atoms with E-state index < -0.39 is 0 Å². The molecule has 0 aromatic carbocycles. The third-order valence-electron chi connectivity index (χ3n) is 9.79. The number of ether oxygens (including phenoxy) is 1. The summed E-state index contributed by atoms with van der Waals surface area (Å²) in [7, 11) is 0. The molecule has 2 heteroatoms. The van der Waals surface area contributed by atoms with Crippen LogP contribution in [0.15, 0.2) is 23.8 Å². The number of hydrogen-bond donors (Lipinski definition) is 0. The van der Waals surface area contributed by atoms with Crippen molar-refractivity contribution in [2.24, 2.45) is 34.5 Å². The molecule has 4 aliphatic carbocycles. The van der Waals surface area contributed by atoms with E-state index in [-0.39, 0.29) is 16.8 Å². The van der Waals surface area contributed by atoms with Crippen molar-refractivity contribution in [3.8, 4) is 0 Å². The maximum Gasteiger partial charge on any atom is 0.178 e. The van der Waals surface area contributed by atoms with Gasteiger partial charge >= 0.3 is 0 Å². The molecule has 4 fully saturated rings. The number of carbonyl (C=O) groups excluding carboxylic acids is 1. The van der Waals surface area contributed by atoms with Crippen LogP contribution in [0.4, 0.5) is 0 Å². The van der Waals surface area contributed by atoms with Crippen molar-refractivity contribution in [1.82, 2.24) is 0 Å². The molecule has 1 saturated heterocycles. The Bertz CT molecular complexity index is 697. The molecule has 5 aliphatic rings. The van der Waals surface area contributed by atoms with Crippen LogP contribution in [0.3, 0.4) is 0 Å². The van der Waals surface area contributed by atoms with Crippen molar-refractivity contribution < 1.29 is 9.53 Å². The van der Waals surface area contributed by atoms with Crippen LogP contribution >= 0.6 is 0 Å². The smallest absolute Gasteiger partial charge is 0.178 e. The summed E-state index contributed by atoms with van der Waals surface area (Å²) >= 11 is 0. The monoisotopic (exact) mass is 368 g/mol. The zero-order chi connectivity index (χ0) is 18.9. The highest BCUT2D eigenvalue weighted by atomic mass is 16.5. The van der Waals surface area contributed by atoms with Gasteiger partial charge in [-0.3, -0.25) is 4.79 Å². The van der Waals surface area contributed by atoms with Crippen LogP contribution in [0.5, 0.6) is 0 Å². The minimum Gasteiger partial charge on any atom is -0.375 e. The number of fused-ring (bicyclic) bond motifs is 5. The molecule has 1 aliphatic heterocycles. The van der Waals surface area contributed by atoms with E-state index >= 15 is 0 Å². The van der Waals surface area contributed by atoms with Gasteiger partial charge in [0.2, 0.25) is 0 Å². The van der Waals surface area contributed by atoms with Crippen molar-refractivity contribution in [3.05, 3.63) is 23.8 Å². The van der Waals surface area contributed by atoms with Gasteiger partial charge in [-0.05, 0) is 106 Å².